The molecule has 1 unspecified atom stereocenters. The summed E-state index contributed by atoms with van der Waals surface area (Å²) in [7, 11) is 1.59. The van der Waals surface area contributed by atoms with Crippen molar-refractivity contribution < 1.29 is 14.3 Å². The smallest absolute Gasteiger partial charge is 0.312 e. The summed E-state index contributed by atoms with van der Waals surface area (Å²) in [4.78, 5) is 11.4. The van der Waals surface area contributed by atoms with E-state index in [9.17, 15) is 4.79 Å². The highest BCUT2D eigenvalue weighted by atomic mass is 127. The van der Waals surface area contributed by atoms with Crippen LogP contribution in [-0.4, -0.2) is 17.2 Å². The first-order valence-electron chi connectivity index (χ1n) is 4.58. The molecule has 84 valence electrons. The molecular formula is C12H11IO3. The van der Waals surface area contributed by atoms with E-state index in [0.717, 1.165) is 11.3 Å². The van der Waals surface area contributed by atoms with Crippen LogP contribution in [0.1, 0.15) is 5.56 Å². The van der Waals surface area contributed by atoms with Crippen molar-refractivity contribution in [3.63, 3.8) is 0 Å². The van der Waals surface area contributed by atoms with Gasteiger partial charge in [-0.1, -0.05) is 18.1 Å². The molecule has 16 heavy (non-hydrogen) atoms. The van der Waals surface area contributed by atoms with Gasteiger partial charge in [-0.05, 0) is 40.3 Å². The minimum absolute atomic E-state index is 0.213. The van der Waals surface area contributed by atoms with E-state index in [-0.39, 0.29) is 12.4 Å². The topological polar surface area (TPSA) is 35.5 Å². The Morgan fingerprint density at radius 2 is 2.12 bits per heavy atom. The maximum atomic E-state index is 11.4. The molecule has 0 fully saturated rings. The minimum Gasteiger partial charge on any atom is -0.497 e. The number of terminal acetylenes is 1. The van der Waals surface area contributed by atoms with E-state index in [4.69, 9.17) is 15.9 Å². The summed E-state index contributed by atoms with van der Waals surface area (Å²) in [6, 6.07) is 7.23. The van der Waals surface area contributed by atoms with Gasteiger partial charge >= 0.3 is 5.97 Å². The second-order valence-corrected chi connectivity index (χ2v) is 4.13. The van der Waals surface area contributed by atoms with E-state index >= 15 is 0 Å². The highest BCUT2D eigenvalue weighted by Gasteiger charge is 2.08. The Hall–Kier alpha value is -1.22. The zero-order valence-electron chi connectivity index (χ0n) is 8.77. The van der Waals surface area contributed by atoms with Crippen molar-refractivity contribution in [3.05, 3.63) is 29.8 Å². The summed E-state index contributed by atoms with van der Waals surface area (Å²) >= 11 is 1.88. The number of ether oxygens (including phenoxy) is 2. The Morgan fingerprint density at radius 3 is 2.62 bits per heavy atom. The number of benzene rings is 1. The van der Waals surface area contributed by atoms with Gasteiger partial charge in [0.1, 0.15) is 5.75 Å². The van der Waals surface area contributed by atoms with Gasteiger partial charge in [0.25, 0.3) is 0 Å². The molecule has 0 aliphatic heterocycles. The zero-order chi connectivity index (χ0) is 12.0. The van der Waals surface area contributed by atoms with E-state index in [1.807, 2.05) is 34.7 Å². The molecule has 1 rings (SSSR count). The SMILES string of the molecule is C#CC(I)OC(=O)Cc1ccc(OC)cc1. The van der Waals surface area contributed by atoms with E-state index in [1.165, 1.54) is 0 Å². The Morgan fingerprint density at radius 1 is 1.50 bits per heavy atom. The average Bonchev–Trinajstić information content (AvgIpc) is 2.29. The number of hydrogen-bond donors (Lipinski definition) is 0. The number of carbonyl (C=O) groups is 1. The Bertz CT molecular complexity index is 392. The summed E-state index contributed by atoms with van der Waals surface area (Å²) in [5.74, 6) is 2.75. The molecule has 0 aliphatic carbocycles. The van der Waals surface area contributed by atoms with Crippen LogP contribution in [0.5, 0.6) is 5.75 Å². The van der Waals surface area contributed by atoms with Crippen molar-refractivity contribution in [1.82, 2.24) is 0 Å². The summed E-state index contributed by atoms with van der Waals surface area (Å²) < 4.78 is 9.44. The van der Waals surface area contributed by atoms with Crippen LogP contribution < -0.4 is 4.74 Å². The number of methoxy groups -OCH3 is 1. The standard InChI is InChI=1S/C12H11IO3/c1-3-11(13)16-12(14)8-9-4-6-10(15-2)7-5-9/h1,4-7,11H,8H2,2H3. The maximum Gasteiger partial charge on any atom is 0.312 e. The molecule has 3 nitrogen and oxygen atoms in total. The van der Waals surface area contributed by atoms with Crippen molar-refractivity contribution in [1.29, 1.82) is 0 Å². The van der Waals surface area contributed by atoms with Crippen LogP contribution in [0.3, 0.4) is 0 Å². The maximum absolute atomic E-state index is 11.4. The molecule has 0 saturated heterocycles. The number of alkyl halides is 1. The van der Waals surface area contributed by atoms with Crippen LogP contribution in [0, 0.1) is 12.3 Å². The summed E-state index contributed by atoms with van der Waals surface area (Å²) in [5.41, 5.74) is 0.867. The highest BCUT2D eigenvalue weighted by Crippen LogP contribution is 2.12. The van der Waals surface area contributed by atoms with Gasteiger partial charge in [0.15, 0.2) is 0 Å². The fraction of sp³-hybridized carbons (Fsp3) is 0.250. The van der Waals surface area contributed by atoms with Crippen LogP contribution in [0.15, 0.2) is 24.3 Å². The van der Waals surface area contributed by atoms with E-state index in [1.54, 1.807) is 19.2 Å². The lowest BCUT2D eigenvalue weighted by Crippen LogP contribution is -2.12. The minimum atomic E-state index is -0.511. The molecule has 0 radical (unpaired) electrons. The molecule has 0 saturated carbocycles. The van der Waals surface area contributed by atoms with Crippen LogP contribution >= 0.6 is 22.6 Å². The normalized spacial score (nSPS) is 11.3. The third-order valence-electron chi connectivity index (χ3n) is 1.87. The molecular weight excluding hydrogens is 319 g/mol. The zero-order valence-corrected chi connectivity index (χ0v) is 10.9. The number of esters is 1. The number of carbonyl (C=O) groups excluding carboxylic acids is 1. The van der Waals surface area contributed by atoms with Crippen molar-refractivity contribution in [2.75, 3.05) is 7.11 Å². The molecule has 1 atom stereocenters. The second kappa shape index (κ2) is 6.38. The van der Waals surface area contributed by atoms with E-state index < -0.39 is 4.11 Å². The van der Waals surface area contributed by atoms with Gasteiger partial charge in [-0.3, -0.25) is 4.79 Å². The van der Waals surface area contributed by atoms with E-state index in [2.05, 4.69) is 5.92 Å². The van der Waals surface area contributed by atoms with Crippen LogP contribution in [0.2, 0.25) is 0 Å². The first kappa shape index (κ1) is 12.8. The molecule has 1 aromatic rings. The summed E-state index contributed by atoms with van der Waals surface area (Å²) in [6.45, 7) is 0. The third-order valence-corrected chi connectivity index (χ3v) is 2.49. The lowest BCUT2D eigenvalue weighted by atomic mass is 10.1. The lowest BCUT2D eigenvalue weighted by Gasteiger charge is -2.06. The van der Waals surface area contributed by atoms with Crippen molar-refractivity contribution in [2.45, 2.75) is 10.5 Å². The van der Waals surface area contributed by atoms with Crippen LogP contribution in [-0.2, 0) is 16.0 Å². The molecule has 1 aromatic carbocycles. The molecule has 0 spiro atoms. The van der Waals surface area contributed by atoms with Gasteiger partial charge in [0.05, 0.1) is 13.5 Å². The molecule has 0 bridgehead atoms. The molecule has 0 heterocycles. The second-order valence-electron chi connectivity index (χ2n) is 3.00. The third kappa shape index (κ3) is 4.11. The fourth-order valence-electron chi connectivity index (χ4n) is 1.10. The molecule has 0 aliphatic rings. The van der Waals surface area contributed by atoms with Gasteiger partial charge in [0, 0.05) is 0 Å². The van der Waals surface area contributed by atoms with Gasteiger partial charge in [0.2, 0.25) is 4.11 Å². The van der Waals surface area contributed by atoms with Gasteiger partial charge in [-0.2, -0.15) is 0 Å². The van der Waals surface area contributed by atoms with Crippen molar-refractivity contribution >= 4 is 28.6 Å². The quantitative estimate of drug-likeness (QED) is 0.367. The summed E-state index contributed by atoms with van der Waals surface area (Å²) in [5, 5.41) is 0. The van der Waals surface area contributed by atoms with Crippen LogP contribution in [0.25, 0.3) is 0 Å². The highest BCUT2D eigenvalue weighted by molar-refractivity contribution is 14.1. The first-order valence-corrected chi connectivity index (χ1v) is 5.83. The van der Waals surface area contributed by atoms with Crippen LogP contribution in [0.4, 0.5) is 0 Å². The monoisotopic (exact) mass is 330 g/mol. The van der Waals surface area contributed by atoms with Gasteiger partial charge in [-0.25, -0.2) is 0 Å². The van der Waals surface area contributed by atoms with Crippen molar-refractivity contribution in [3.8, 4) is 18.1 Å². The lowest BCUT2D eigenvalue weighted by molar-refractivity contribution is -0.142. The molecule has 0 N–H and O–H groups in total. The fourth-order valence-corrected chi connectivity index (χ4v) is 1.38. The largest absolute Gasteiger partial charge is 0.497 e. The average molecular weight is 330 g/mol. The Labute approximate surface area is 108 Å². The van der Waals surface area contributed by atoms with E-state index in [0.29, 0.717) is 0 Å². The molecule has 0 aromatic heterocycles. The van der Waals surface area contributed by atoms with Gasteiger partial charge in [-0.15, -0.1) is 6.42 Å². The molecule has 4 heteroatoms. The number of halogens is 1. The number of hydrogen-bond acceptors (Lipinski definition) is 3. The van der Waals surface area contributed by atoms with Gasteiger partial charge < -0.3 is 9.47 Å². The Kier molecular flexibility index (Phi) is 5.12. The number of rotatable bonds is 4. The summed E-state index contributed by atoms with van der Waals surface area (Å²) in [6.07, 6.45) is 5.31. The Balaban J connectivity index is 2.53. The predicted octanol–water partition coefficient (Wildman–Crippen LogP) is 2.18. The predicted molar refractivity (Wildman–Crippen MR) is 69.4 cm³/mol. The van der Waals surface area contributed by atoms with Crippen molar-refractivity contribution in [2.24, 2.45) is 0 Å². The molecule has 0 amide bonds. The first-order chi connectivity index (χ1) is 7.65.